The molecular weight excluding hydrogens is 1270 g/mol. The average Bonchev–Trinajstić information content (AvgIpc) is 1.70. The van der Waals surface area contributed by atoms with Crippen LogP contribution < -0.4 is 9.47 Å². The van der Waals surface area contributed by atoms with Gasteiger partial charge in [0.1, 0.15) is 51.0 Å². The lowest BCUT2D eigenvalue weighted by atomic mass is 10.1. The zero-order chi connectivity index (χ0) is 70.4. The van der Waals surface area contributed by atoms with Crippen LogP contribution >= 0.6 is 36.0 Å². The number of carbonyl (C=O) groups is 4. The summed E-state index contributed by atoms with van der Waals surface area (Å²) < 4.78 is 37.5. The number of ether oxygens (including phenoxy) is 7. The van der Waals surface area contributed by atoms with Crippen molar-refractivity contribution in [1.29, 1.82) is 0 Å². The number of methoxy groups -OCH3 is 2. The van der Waals surface area contributed by atoms with Crippen molar-refractivity contribution in [3.05, 3.63) is 133 Å². The van der Waals surface area contributed by atoms with Gasteiger partial charge in [-0.15, -0.1) is 30.0 Å². The molecule has 24 heteroatoms. The number of thiol groups is 1. The molecule has 522 valence electrons. The number of aliphatic hydroxyl groups excluding tert-OH is 1. The lowest BCUT2D eigenvalue weighted by Crippen LogP contribution is -2.34. The number of halogens is 1. The second-order valence-electron chi connectivity index (χ2n) is 22.7. The third kappa shape index (κ3) is 30.7. The molecule has 2 aliphatic rings. The Hall–Kier alpha value is -7.12. The number of aliphatic imine (C=N–C) groups is 1. The number of esters is 3. The number of rotatable bonds is 27. The summed E-state index contributed by atoms with van der Waals surface area (Å²) in [4.78, 5) is 58.1. The van der Waals surface area contributed by atoms with Crippen LogP contribution in [0.1, 0.15) is 119 Å². The van der Waals surface area contributed by atoms with Gasteiger partial charge < -0.3 is 48.1 Å². The number of fused-ring (bicyclic) bond motifs is 3. The van der Waals surface area contributed by atoms with Crippen LogP contribution in [0.3, 0.4) is 0 Å². The summed E-state index contributed by atoms with van der Waals surface area (Å²) in [5.41, 5.74) is 7.52. The summed E-state index contributed by atoms with van der Waals surface area (Å²) in [6.45, 7) is 38.9. The highest BCUT2D eigenvalue weighted by molar-refractivity contribution is 7.99. The molecule has 5 atom stereocenters. The quantitative estimate of drug-likeness (QED) is 0.0122. The molecule has 2 aromatic heterocycles. The molecule has 0 radical (unpaired) electrons. The van der Waals surface area contributed by atoms with Crippen molar-refractivity contribution >= 4 is 87.0 Å². The molecule has 0 aliphatic carbocycles. The number of thioether (sulfide) groups is 1. The van der Waals surface area contributed by atoms with E-state index >= 15 is 0 Å². The van der Waals surface area contributed by atoms with Crippen molar-refractivity contribution in [2.75, 3.05) is 86.0 Å². The van der Waals surface area contributed by atoms with Gasteiger partial charge >= 0.3 is 17.9 Å². The number of carbonyl (C=O) groups excluding carboxylic acids is 4. The highest BCUT2D eigenvalue weighted by atomic mass is 35.5. The molecule has 8 rings (SSSR count). The molecule has 5 unspecified atom stereocenters. The van der Waals surface area contributed by atoms with Gasteiger partial charge in [0.15, 0.2) is 13.6 Å². The van der Waals surface area contributed by atoms with Crippen LogP contribution in [0.15, 0.2) is 126 Å². The zero-order valence-corrected chi connectivity index (χ0v) is 60.5. The molecule has 1 saturated heterocycles. The SMILES string of the molecule is C1CCC2=NCCCN2CC1.C=C(C)C(=O)Cl.C=C(C)C(=O)OC(C)C(C)SCC(C)C(=O)OCCc1ccc(OCOC)c(-n2nc3ccccc3n2)c1.C=C(C)C(=O)OCCc1ccc(OCOC)c(-n2nc3ccccc3n2)c1.CC(O)C(C)S.CCN(CC)CC. The van der Waals surface area contributed by atoms with E-state index in [1.807, 2.05) is 113 Å². The van der Waals surface area contributed by atoms with Crippen molar-refractivity contribution < 1.29 is 57.4 Å². The molecule has 4 aromatic carbocycles. The second-order valence-corrected chi connectivity index (χ2v) is 25.2. The maximum atomic E-state index is 12.6. The van der Waals surface area contributed by atoms with Crippen molar-refractivity contribution in [3.63, 3.8) is 0 Å². The monoisotopic (exact) mass is 1370 g/mol. The van der Waals surface area contributed by atoms with Gasteiger partial charge in [-0.25, -0.2) is 9.59 Å². The number of hydrogen-bond donors (Lipinski definition) is 2. The maximum absolute atomic E-state index is 12.6. The fourth-order valence-electron chi connectivity index (χ4n) is 8.44. The molecule has 0 saturated carbocycles. The summed E-state index contributed by atoms with van der Waals surface area (Å²) in [6.07, 6.45) is 7.13. The highest BCUT2D eigenvalue weighted by Gasteiger charge is 2.23. The van der Waals surface area contributed by atoms with Gasteiger partial charge in [-0.2, -0.15) is 24.4 Å². The maximum Gasteiger partial charge on any atom is 0.333 e. The van der Waals surface area contributed by atoms with Crippen molar-refractivity contribution in [2.24, 2.45) is 10.9 Å². The van der Waals surface area contributed by atoms with Crippen LogP contribution in [0.25, 0.3) is 33.4 Å². The molecule has 2 aliphatic heterocycles. The van der Waals surface area contributed by atoms with Gasteiger partial charge in [-0.05, 0) is 152 Å². The minimum Gasteiger partial charge on any atom is -0.465 e. The Morgan fingerprint density at radius 2 is 1.09 bits per heavy atom. The van der Waals surface area contributed by atoms with Gasteiger partial charge in [0.05, 0.1) is 31.1 Å². The zero-order valence-electron chi connectivity index (χ0n) is 58.0. The molecule has 1 fully saturated rings. The van der Waals surface area contributed by atoms with Gasteiger partial charge in [0.25, 0.3) is 0 Å². The first kappa shape index (κ1) is 82.1. The predicted molar refractivity (Wildman–Crippen MR) is 385 cm³/mol. The Balaban J connectivity index is 0.000000352. The van der Waals surface area contributed by atoms with Gasteiger partial charge in [-0.3, -0.25) is 14.6 Å². The van der Waals surface area contributed by atoms with E-state index in [0.29, 0.717) is 58.2 Å². The molecule has 6 aromatic rings. The average molecular weight is 1370 g/mol. The number of amidine groups is 1. The standard InChI is InChI=1S/C28H35N3O6S.C20H21N3O4.C9H16N2.C6H15N.C4H5ClO.C4H10OS/c1-18(2)27(32)37-20(4)21(5)38-16-19(3)28(33)35-14-13-22-11-12-26(36-17-34-6)25(15-22)31-29-23-9-7-8-10-24(23)30-31;1-14(2)20(24)26-11-10-15-8-9-19(27-13-25-3)18(12-15)23-21-16-6-4-5-7-17(16)22-23;1-2-5-9-10-6-4-8-11(9)7-3-1;1-4-7(5-2)6-3;1-3(2)4(5)6;1-3(5)4(2)6/h7-12,15,19-21H,1,13-14,16-17H2,2-6H3;4-9,12H,1,10-11,13H2,2-3H3;1-8H2;4-6H2,1-3H3;1H2,2H3;3-6H,1-2H3. The Morgan fingerprint density at radius 1 is 0.653 bits per heavy atom. The first-order valence-corrected chi connectivity index (χ1v) is 34.2. The largest absolute Gasteiger partial charge is 0.465 e. The molecule has 4 heterocycles. The molecular formula is C71H102ClN9O12S2. The number of nitrogens with zero attached hydrogens (tertiary/aromatic N) is 9. The number of aliphatic hydroxyl groups is 1. The number of aromatic nitrogens is 6. The number of allylic oxidation sites excluding steroid dienone is 1. The van der Waals surface area contributed by atoms with Gasteiger partial charge in [0, 0.05) is 86.1 Å². The minimum atomic E-state index is -0.463. The van der Waals surface area contributed by atoms with Crippen LogP contribution in [0.2, 0.25) is 0 Å². The normalized spacial score (nSPS) is 13.9. The molecule has 21 nitrogen and oxygen atoms in total. The van der Waals surface area contributed by atoms with E-state index in [9.17, 15) is 19.2 Å². The third-order valence-corrected chi connectivity index (χ3v) is 16.9. The van der Waals surface area contributed by atoms with E-state index in [-0.39, 0.29) is 61.4 Å². The van der Waals surface area contributed by atoms with Crippen molar-refractivity contribution in [3.8, 4) is 22.9 Å². The minimum absolute atomic E-state index is 0.0263. The van der Waals surface area contributed by atoms with E-state index in [2.05, 4.69) is 88.3 Å². The Morgan fingerprint density at radius 3 is 1.49 bits per heavy atom. The van der Waals surface area contributed by atoms with Crippen LogP contribution in [0.4, 0.5) is 0 Å². The van der Waals surface area contributed by atoms with Crippen molar-refractivity contribution in [2.45, 2.75) is 144 Å². The fraction of sp³-hybridized carbons (Fsp3) is 0.507. The lowest BCUT2D eigenvalue weighted by molar-refractivity contribution is -0.147. The number of benzene rings is 4. The summed E-state index contributed by atoms with van der Waals surface area (Å²) in [5.74, 6) is 1.77. The molecule has 0 spiro atoms. The van der Waals surface area contributed by atoms with Crippen LogP contribution in [-0.2, 0) is 55.7 Å². The lowest BCUT2D eigenvalue weighted by Gasteiger charge is -2.27. The third-order valence-electron chi connectivity index (χ3n) is 14.6. The second kappa shape index (κ2) is 45.3. The van der Waals surface area contributed by atoms with E-state index in [4.69, 9.17) is 49.9 Å². The molecule has 1 N–H and O–H groups in total. The van der Waals surface area contributed by atoms with Gasteiger partial charge in [0.2, 0.25) is 5.24 Å². The van der Waals surface area contributed by atoms with E-state index in [0.717, 1.165) is 39.7 Å². The summed E-state index contributed by atoms with van der Waals surface area (Å²) >= 11 is 10.4. The summed E-state index contributed by atoms with van der Waals surface area (Å²) in [6, 6.07) is 26.6. The fourth-order valence-corrected chi connectivity index (χ4v) is 9.50. The van der Waals surface area contributed by atoms with E-state index in [1.54, 1.807) is 63.3 Å². The highest BCUT2D eigenvalue weighted by Crippen LogP contribution is 2.28. The Labute approximate surface area is 577 Å². The molecule has 0 bridgehead atoms. The molecule has 95 heavy (non-hydrogen) atoms. The predicted octanol–water partition coefficient (Wildman–Crippen LogP) is 12.8. The Kier molecular flexibility index (Phi) is 39.2. The topological polar surface area (TPSA) is 233 Å². The summed E-state index contributed by atoms with van der Waals surface area (Å²) in [5, 5.41) is 26.4. The number of hydrogen-bond acceptors (Lipinski definition) is 21. The molecule has 0 amide bonds. The summed E-state index contributed by atoms with van der Waals surface area (Å²) in [7, 11) is 3.12. The van der Waals surface area contributed by atoms with E-state index in [1.165, 1.54) is 70.7 Å². The smallest absolute Gasteiger partial charge is 0.333 e. The van der Waals surface area contributed by atoms with E-state index < -0.39 is 17.2 Å². The first-order valence-electron chi connectivity index (χ1n) is 32.2. The van der Waals surface area contributed by atoms with Crippen molar-refractivity contribution in [1.82, 2.24) is 39.8 Å². The van der Waals surface area contributed by atoms with Crippen LogP contribution in [0, 0.1) is 5.92 Å². The first-order chi connectivity index (χ1) is 45.4. The van der Waals surface area contributed by atoms with Crippen LogP contribution in [0.5, 0.6) is 11.5 Å². The Bertz CT molecular complexity index is 3280. The van der Waals surface area contributed by atoms with Gasteiger partial charge in [-0.1, -0.05) is 97.2 Å². The van der Waals surface area contributed by atoms with Crippen LogP contribution in [-0.4, -0.2) is 183 Å².